The summed E-state index contributed by atoms with van der Waals surface area (Å²) in [6, 6.07) is 12.9. The highest BCUT2D eigenvalue weighted by Gasteiger charge is 2.23. The number of sulfonamides is 1. The Balaban J connectivity index is 1.73. The van der Waals surface area contributed by atoms with Crippen LogP contribution < -0.4 is 14.4 Å². The number of amides is 1. The lowest BCUT2D eigenvalue weighted by molar-refractivity contribution is -0.120. The molecule has 0 fully saturated rings. The van der Waals surface area contributed by atoms with Crippen LogP contribution in [0.25, 0.3) is 0 Å². The van der Waals surface area contributed by atoms with Gasteiger partial charge in [-0.15, -0.1) is 0 Å². The van der Waals surface area contributed by atoms with Gasteiger partial charge in [-0.25, -0.2) is 8.42 Å². The molecule has 2 aromatic carbocycles. The number of nitrogens with one attached hydrogen (secondary N) is 1. The molecule has 162 valence electrons. The maximum absolute atomic E-state index is 12.7. The maximum atomic E-state index is 12.7. The largest absolute Gasteiger partial charge is 0.491 e. The fourth-order valence-electron chi connectivity index (χ4n) is 3.75. The summed E-state index contributed by atoms with van der Waals surface area (Å²) in [5, 5.41) is 2.93. The van der Waals surface area contributed by atoms with E-state index in [0.29, 0.717) is 11.4 Å². The van der Waals surface area contributed by atoms with Gasteiger partial charge in [0.15, 0.2) is 0 Å². The number of hydrogen-bond donors (Lipinski definition) is 1. The molecule has 1 amide bonds. The van der Waals surface area contributed by atoms with Crippen molar-refractivity contribution in [2.24, 2.45) is 0 Å². The Bertz CT molecular complexity index is 1020. The van der Waals surface area contributed by atoms with Crippen LogP contribution in [0.15, 0.2) is 42.5 Å². The van der Waals surface area contributed by atoms with Crippen LogP contribution in [0.1, 0.15) is 49.9 Å². The van der Waals surface area contributed by atoms with Gasteiger partial charge in [0, 0.05) is 6.07 Å². The second-order valence-electron chi connectivity index (χ2n) is 8.10. The zero-order chi connectivity index (χ0) is 21.9. The molecule has 0 saturated heterocycles. The first kappa shape index (κ1) is 22.2. The highest BCUT2D eigenvalue weighted by molar-refractivity contribution is 7.92. The van der Waals surface area contributed by atoms with Gasteiger partial charge in [0.25, 0.3) is 0 Å². The van der Waals surface area contributed by atoms with E-state index in [1.54, 1.807) is 24.3 Å². The molecule has 0 bridgehead atoms. The first-order valence-electron chi connectivity index (χ1n) is 10.3. The average Bonchev–Trinajstić information content (AvgIpc) is 3.12. The summed E-state index contributed by atoms with van der Waals surface area (Å²) in [6.45, 7) is 5.42. The third-order valence-corrected chi connectivity index (χ3v) is 6.31. The Labute approximate surface area is 179 Å². The van der Waals surface area contributed by atoms with Gasteiger partial charge in [-0.1, -0.05) is 24.3 Å². The molecule has 1 aliphatic rings. The van der Waals surface area contributed by atoms with Crippen LogP contribution in [0.3, 0.4) is 0 Å². The third kappa shape index (κ3) is 5.53. The van der Waals surface area contributed by atoms with Crippen molar-refractivity contribution in [2.45, 2.75) is 52.2 Å². The molecule has 0 radical (unpaired) electrons. The summed E-state index contributed by atoms with van der Waals surface area (Å²) in [4.78, 5) is 12.7. The van der Waals surface area contributed by atoms with Gasteiger partial charge in [0.1, 0.15) is 12.3 Å². The Kier molecular flexibility index (Phi) is 6.71. The minimum absolute atomic E-state index is 0.0385. The van der Waals surface area contributed by atoms with Crippen LogP contribution in [0.4, 0.5) is 5.69 Å². The van der Waals surface area contributed by atoms with Gasteiger partial charge in [-0.3, -0.25) is 9.10 Å². The van der Waals surface area contributed by atoms with Crippen molar-refractivity contribution in [1.82, 2.24) is 5.32 Å². The van der Waals surface area contributed by atoms with E-state index < -0.39 is 10.0 Å². The number of fused-ring (bicyclic) bond motifs is 1. The summed E-state index contributed by atoms with van der Waals surface area (Å²) in [5.41, 5.74) is 4.15. The van der Waals surface area contributed by atoms with Crippen LogP contribution in [-0.2, 0) is 27.7 Å². The van der Waals surface area contributed by atoms with Crippen LogP contribution in [0.5, 0.6) is 5.75 Å². The van der Waals surface area contributed by atoms with Crippen molar-refractivity contribution < 1.29 is 17.9 Å². The molecule has 0 saturated carbocycles. The van der Waals surface area contributed by atoms with Crippen molar-refractivity contribution in [2.75, 3.05) is 17.1 Å². The SMILES string of the molecule is CC(C)Oc1cccc(N(CC(=O)NC(C)c2ccc3c(c2)CCC3)S(C)(=O)=O)c1. The molecule has 1 aliphatic carbocycles. The number of anilines is 1. The fourth-order valence-corrected chi connectivity index (χ4v) is 4.59. The smallest absolute Gasteiger partial charge is 0.241 e. The average molecular weight is 431 g/mol. The number of rotatable bonds is 8. The Morgan fingerprint density at radius 2 is 1.83 bits per heavy atom. The highest BCUT2D eigenvalue weighted by atomic mass is 32.2. The van der Waals surface area contributed by atoms with E-state index in [4.69, 9.17) is 4.74 Å². The van der Waals surface area contributed by atoms with Crippen LogP contribution >= 0.6 is 0 Å². The molecule has 1 N–H and O–H groups in total. The van der Waals surface area contributed by atoms with E-state index in [1.807, 2.05) is 26.8 Å². The normalized spacial score (nSPS) is 14.3. The molecular formula is C23H30N2O4S. The number of hydrogen-bond acceptors (Lipinski definition) is 4. The predicted octanol–water partition coefficient (Wildman–Crippen LogP) is 3.61. The number of ether oxygens (including phenoxy) is 1. The molecule has 0 heterocycles. The number of carbonyl (C=O) groups excluding carboxylic acids is 1. The van der Waals surface area contributed by atoms with Crippen LogP contribution in [0.2, 0.25) is 0 Å². The zero-order valence-electron chi connectivity index (χ0n) is 18.0. The summed E-state index contributed by atoms with van der Waals surface area (Å²) in [5.74, 6) is 0.201. The van der Waals surface area contributed by atoms with E-state index >= 15 is 0 Å². The highest BCUT2D eigenvalue weighted by Crippen LogP contribution is 2.26. The van der Waals surface area contributed by atoms with E-state index in [0.717, 1.165) is 29.0 Å². The first-order chi connectivity index (χ1) is 14.1. The summed E-state index contributed by atoms with van der Waals surface area (Å²) in [7, 11) is -3.65. The molecule has 7 heteroatoms. The van der Waals surface area contributed by atoms with Gasteiger partial charge >= 0.3 is 0 Å². The minimum Gasteiger partial charge on any atom is -0.491 e. The number of aryl methyl sites for hydroxylation is 2. The summed E-state index contributed by atoms with van der Waals surface area (Å²) >= 11 is 0. The Hall–Kier alpha value is -2.54. The van der Waals surface area contributed by atoms with Gasteiger partial charge < -0.3 is 10.1 Å². The van der Waals surface area contributed by atoms with Crippen molar-refractivity contribution >= 4 is 21.6 Å². The van der Waals surface area contributed by atoms with Gasteiger partial charge in [-0.2, -0.15) is 0 Å². The molecule has 1 atom stereocenters. The molecule has 2 aromatic rings. The monoisotopic (exact) mass is 430 g/mol. The first-order valence-corrected chi connectivity index (χ1v) is 12.1. The summed E-state index contributed by atoms with van der Waals surface area (Å²) < 4.78 is 31.5. The van der Waals surface area contributed by atoms with Crippen molar-refractivity contribution in [3.05, 3.63) is 59.2 Å². The second-order valence-corrected chi connectivity index (χ2v) is 10.0. The van der Waals surface area contributed by atoms with E-state index in [-0.39, 0.29) is 24.6 Å². The fraction of sp³-hybridized carbons (Fsp3) is 0.435. The Morgan fingerprint density at radius 1 is 1.10 bits per heavy atom. The van der Waals surface area contributed by atoms with Crippen molar-refractivity contribution in [1.29, 1.82) is 0 Å². The maximum Gasteiger partial charge on any atom is 0.241 e. The second kappa shape index (κ2) is 9.08. The molecular weight excluding hydrogens is 400 g/mol. The van der Waals surface area contributed by atoms with Gasteiger partial charge in [-0.05, 0) is 68.9 Å². The van der Waals surface area contributed by atoms with E-state index in [2.05, 4.69) is 17.4 Å². The van der Waals surface area contributed by atoms with Gasteiger partial charge in [0.05, 0.1) is 24.1 Å². The standard InChI is InChI=1S/C23H30N2O4S/c1-16(2)29-22-10-6-9-21(14-22)25(30(4,27)28)15-23(26)24-17(3)19-12-11-18-7-5-8-20(18)13-19/h6,9-14,16-17H,5,7-8,15H2,1-4H3,(H,24,26). The van der Waals surface area contributed by atoms with Crippen LogP contribution in [0, 0.1) is 0 Å². The number of nitrogens with zero attached hydrogens (tertiary/aromatic N) is 1. The molecule has 1 unspecified atom stereocenters. The molecule has 30 heavy (non-hydrogen) atoms. The van der Waals surface area contributed by atoms with E-state index in [9.17, 15) is 13.2 Å². The summed E-state index contributed by atoms with van der Waals surface area (Å²) in [6.07, 6.45) is 4.41. The lowest BCUT2D eigenvalue weighted by Crippen LogP contribution is -2.41. The lowest BCUT2D eigenvalue weighted by atomic mass is 10.0. The molecule has 6 nitrogen and oxygen atoms in total. The number of carbonyl (C=O) groups is 1. The predicted molar refractivity (Wildman–Crippen MR) is 119 cm³/mol. The van der Waals surface area contributed by atoms with E-state index in [1.165, 1.54) is 17.5 Å². The van der Waals surface area contributed by atoms with Gasteiger partial charge in [0.2, 0.25) is 15.9 Å². The quantitative estimate of drug-likeness (QED) is 0.694. The molecule has 0 aromatic heterocycles. The van der Waals surface area contributed by atoms with Crippen molar-refractivity contribution in [3.8, 4) is 5.75 Å². The number of benzene rings is 2. The molecule has 0 aliphatic heterocycles. The van der Waals surface area contributed by atoms with Crippen LogP contribution in [-0.4, -0.2) is 33.2 Å². The molecule has 3 rings (SSSR count). The lowest BCUT2D eigenvalue weighted by Gasteiger charge is -2.24. The van der Waals surface area contributed by atoms with Crippen molar-refractivity contribution in [3.63, 3.8) is 0 Å². The third-order valence-electron chi connectivity index (χ3n) is 5.16. The Morgan fingerprint density at radius 3 is 2.53 bits per heavy atom. The molecule has 0 spiro atoms. The topological polar surface area (TPSA) is 75.7 Å². The zero-order valence-corrected chi connectivity index (χ0v) is 18.8. The minimum atomic E-state index is -3.65.